The number of hydrogen-bond acceptors (Lipinski definition) is 3. The van der Waals surface area contributed by atoms with Gasteiger partial charge in [0, 0.05) is 25.4 Å². The summed E-state index contributed by atoms with van der Waals surface area (Å²) in [5, 5.41) is 6.40. The fourth-order valence-electron chi connectivity index (χ4n) is 2.42. The van der Waals surface area contributed by atoms with Crippen molar-refractivity contribution in [2.24, 2.45) is 10.9 Å². The number of benzene rings is 1. The molecule has 0 bridgehead atoms. The predicted molar refractivity (Wildman–Crippen MR) is 116 cm³/mol. The van der Waals surface area contributed by atoms with Crippen molar-refractivity contribution in [2.45, 2.75) is 32.9 Å². The van der Waals surface area contributed by atoms with Crippen LogP contribution >= 0.6 is 24.0 Å². The second-order valence-corrected chi connectivity index (χ2v) is 6.44. The van der Waals surface area contributed by atoms with Gasteiger partial charge in [0.25, 0.3) is 0 Å². The van der Waals surface area contributed by atoms with Crippen molar-refractivity contribution in [1.29, 1.82) is 0 Å². The molecule has 7 heteroatoms. The summed E-state index contributed by atoms with van der Waals surface area (Å²) in [5.41, 5.74) is 1.88. The summed E-state index contributed by atoms with van der Waals surface area (Å²) in [6, 6.07) is 10.4. The highest BCUT2D eigenvalue weighted by Gasteiger charge is 2.21. The van der Waals surface area contributed by atoms with E-state index in [0.717, 1.165) is 24.3 Å². The zero-order valence-corrected chi connectivity index (χ0v) is 17.8. The molecular weight excluding hydrogens is 458 g/mol. The number of aromatic nitrogens is 1. The van der Waals surface area contributed by atoms with Crippen molar-refractivity contribution in [3.63, 3.8) is 0 Å². The fraction of sp³-hybridized carbons (Fsp3) is 0.400. The van der Waals surface area contributed by atoms with Gasteiger partial charge in [0.05, 0.1) is 13.2 Å². The van der Waals surface area contributed by atoms with E-state index in [2.05, 4.69) is 20.6 Å². The molecule has 0 atom stereocenters. The third-order valence-electron chi connectivity index (χ3n) is 4.07. The first-order valence-electron chi connectivity index (χ1n) is 9.07. The second kappa shape index (κ2) is 11.1. The third-order valence-corrected chi connectivity index (χ3v) is 4.07. The number of rotatable bonds is 8. The standard InChI is InChI=1S/C20H25FN4O.HI/c1-2-22-20(24-11-16-4-3-5-18(21)10-16)25-13-17-8-9-19(23-12-17)26-14-15-6-7-15;/h3-5,8-10,12,15H,2,6-7,11,13-14H2,1H3,(H2,22,24,25);1H. The van der Waals surface area contributed by atoms with Crippen LogP contribution in [0.15, 0.2) is 47.6 Å². The molecule has 1 fully saturated rings. The average molecular weight is 484 g/mol. The Hall–Kier alpha value is -1.90. The van der Waals surface area contributed by atoms with Crippen molar-refractivity contribution in [3.8, 4) is 5.88 Å². The maximum absolute atomic E-state index is 13.3. The summed E-state index contributed by atoms with van der Waals surface area (Å²) in [7, 11) is 0. The smallest absolute Gasteiger partial charge is 0.213 e. The van der Waals surface area contributed by atoms with Crippen molar-refractivity contribution >= 4 is 29.9 Å². The van der Waals surface area contributed by atoms with Crippen LogP contribution in [0.4, 0.5) is 4.39 Å². The van der Waals surface area contributed by atoms with Crippen molar-refractivity contribution < 1.29 is 9.13 Å². The molecule has 27 heavy (non-hydrogen) atoms. The first-order chi connectivity index (χ1) is 12.7. The summed E-state index contributed by atoms with van der Waals surface area (Å²) in [6.45, 7) is 4.54. The minimum absolute atomic E-state index is 0. The van der Waals surface area contributed by atoms with E-state index in [1.54, 1.807) is 12.3 Å². The summed E-state index contributed by atoms with van der Waals surface area (Å²) in [5.74, 6) is 1.83. The van der Waals surface area contributed by atoms with Crippen LogP contribution in [0.5, 0.6) is 5.88 Å². The lowest BCUT2D eigenvalue weighted by Crippen LogP contribution is -2.36. The fourth-order valence-corrected chi connectivity index (χ4v) is 2.42. The molecule has 1 aromatic carbocycles. The molecule has 2 N–H and O–H groups in total. The largest absolute Gasteiger partial charge is 0.477 e. The molecule has 0 spiro atoms. The maximum Gasteiger partial charge on any atom is 0.213 e. The molecule has 3 rings (SSSR count). The van der Waals surface area contributed by atoms with Gasteiger partial charge in [0.1, 0.15) is 5.82 Å². The summed E-state index contributed by atoms with van der Waals surface area (Å²) < 4.78 is 18.9. The molecule has 0 radical (unpaired) electrons. The van der Waals surface area contributed by atoms with Gasteiger partial charge in [-0.1, -0.05) is 18.2 Å². The van der Waals surface area contributed by atoms with E-state index in [9.17, 15) is 4.39 Å². The van der Waals surface area contributed by atoms with Crippen LogP contribution in [-0.4, -0.2) is 24.1 Å². The number of hydrogen-bond donors (Lipinski definition) is 2. The van der Waals surface area contributed by atoms with Crippen LogP contribution in [0.3, 0.4) is 0 Å². The van der Waals surface area contributed by atoms with Crippen LogP contribution in [-0.2, 0) is 13.1 Å². The van der Waals surface area contributed by atoms with Crippen LogP contribution < -0.4 is 15.4 Å². The summed E-state index contributed by atoms with van der Waals surface area (Å²) >= 11 is 0. The average Bonchev–Trinajstić information content (AvgIpc) is 3.48. The van der Waals surface area contributed by atoms with E-state index in [1.807, 2.05) is 25.1 Å². The Morgan fingerprint density at radius 3 is 2.74 bits per heavy atom. The van der Waals surface area contributed by atoms with Gasteiger partial charge >= 0.3 is 0 Å². The predicted octanol–water partition coefficient (Wildman–Crippen LogP) is 3.88. The van der Waals surface area contributed by atoms with Gasteiger partial charge in [-0.3, -0.25) is 0 Å². The highest BCUT2D eigenvalue weighted by atomic mass is 127. The van der Waals surface area contributed by atoms with E-state index in [1.165, 1.54) is 25.0 Å². The Bertz CT molecular complexity index is 735. The summed E-state index contributed by atoms with van der Waals surface area (Å²) in [6.07, 6.45) is 4.33. The number of ether oxygens (including phenoxy) is 1. The molecule has 5 nitrogen and oxygen atoms in total. The maximum atomic E-state index is 13.3. The van der Waals surface area contributed by atoms with Crippen molar-refractivity contribution in [2.75, 3.05) is 13.2 Å². The molecule has 1 aliphatic rings. The Morgan fingerprint density at radius 1 is 1.22 bits per heavy atom. The van der Waals surface area contributed by atoms with Crippen LogP contribution in [0.1, 0.15) is 30.9 Å². The van der Waals surface area contributed by atoms with E-state index < -0.39 is 0 Å². The highest BCUT2D eigenvalue weighted by Crippen LogP contribution is 2.29. The molecule has 1 saturated carbocycles. The van der Waals surface area contributed by atoms with Crippen molar-refractivity contribution in [3.05, 3.63) is 59.5 Å². The zero-order valence-electron chi connectivity index (χ0n) is 15.5. The number of pyridine rings is 1. The molecule has 0 amide bonds. The van der Waals surface area contributed by atoms with Crippen LogP contribution in [0, 0.1) is 11.7 Å². The van der Waals surface area contributed by atoms with E-state index in [0.29, 0.717) is 30.8 Å². The molecule has 2 aromatic rings. The molecule has 1 aromatic heterocycles. The van der Waals surface area contributed by atoms with Gasteiger partial charge in [0.15, 0.2) is 5.96 Å². The Balaban J connectivity index is 0.00000261. The first kappa shape index (κ1) is 21.4. The topological polar surface area (TPSA) is 58.5 Å². The van der Waals surface area contributed by atoms with Crippen LogP contribution in [0.2, 0.25) is 0 Å². The van der Waals surface area contributed by atoms with Gasteiger partial charge < -0.3 is 15.4 Å². The third kappa shape index (κ3) is 7.70. The summed E-state index contributed by atoms with van der Waals surface area (Å²) in [4.78, 5) is 8.89. The monoisotopic (exact) mass is 484 g/mol. The van der Waals surface area contributed by atoms with E-state index in [-0.39, 0.29) is 29.8 Å². The Morgan fingerprint density at radius 2 is 2.07 bits per heavy atom. The highest BCUT2D eigenvalue weighted by molar-refractivity contribution is 14.0. The lowest BCUT2D eigenvalue weighted by atomic mass is 10.2. The molecule has 0 aliphatic heterocycles. The zero-order chi connectivity index (χ0) is 18.2. The lowest BCUT2D eigenvalue weighted by Gasteiger charge is -2.11. The minimum atomic E-state index is -0.235. The lowest BCUT2D eigenvalue weighted by molar-refractivity contribution is 0.288. The number of halogens is 2. The van der Waals surface area contributed by atoms with Gasteiger partial charge in [-0.25, -0.2) is 14.4 Å². The van der Waals surface area contributed by atoms with E-state index in [4.69, 9.17) is 4.74 Å². The van der Waals surface area contributed by atoms with Crippen molar-refractivity contribution in [1.82, 2.24) is 15.6 Å². The first-order valence-corrected chi connectivity index (χ1v) is 9.07. The van der Waals surface area contributed by atoms with Gasteiger partial charge in [-0.05, 0) is 48.9 Å². The van der Waals surface area contributed by atoms with Gasteiger partial charge in [0.2, 0.25) is 5.88 Å². The molecule has 0 saturated heterocycles. The van der Waals surface area contributed by atoms with Gasteiger partial charge in [-0.2, -0.15) is 0 Å². The quantitative estimate of drug-likeness (QED) is 0.339. The number of nitrogens with one attached hydrogen (secondary N) is 2. The van der Waals surface area contributed by atoms with E-state index >= 15 is 0 Å². The van der Waals surface area contributed by atoms with Crippen LogP contribution in [0.25, 0.3) is 0 Å². The SMILES string of the molecule is CCNC(=NCc1ccc(OCC2CC2)nc1)NCc1cccc(F)c1.I. The number of aliphatic imine (C=N–C) groups is 1. The molecular formula is C20H26FIN4O. The Kier molecular flexibility index (Phi) is 8.77. The molecule has 146 valence electrons. The Labute approximate surface area is 176 Å². The second-order valence-electron chi connectivity index (χ2n) is 6.44. The molecule has 1 heterocycles. The number of nitrogens with zero attached hydrogens (tertiary/aromatic N) is 2. The molecule has 1 aliphatic carbocycles. The molecule has 0 unspecified atom stereocenters. The number of guanidine groups is 1. The normalized spacial score (nSPS) is 13.6. The minimum Gasteiger partial charge on any atom is -0.477 e. The van der Waals surface area contributed by atoms with Gasteiger partial charge in [-0.15, -0.1) is 24.0 Å².